The molecule has 0 aliphatic carbocycles. The lowest BCUT2D eigenvalue weighted by molar-refractivity contribution is 0.165. The molecule has 1 saturated heterocycles. The van der Waals surface area contributed by atoms with Crippen molar-refractivity contribution in [2.45, 2.75) is 26.3 Å². The molecule has 1 aromatic carbocycles. The van der Waals surface area contributed by atoms with Gasteiger partial charge in [-0.2, -0.15) is 0 Å². The van der Waals surface area contributed by atoms with Crippen LogP contribution in [0.1, 0.15) is 31.9 Å². The van der Waals surface area contributed by atoms with Gasteiger partial charge in [0.05, 0.1) is 6.61 Å². The highest BCUT2D eigenvalue weighted by atomic mass is 79.9. The van der Waals surface area contributed by atoms with E-state index in [0.29, 0.717) is 12.6 Å². The molecular weight excluding hydrogens is 375 g/mol. The predicted octanol–water partition coefficient (Wildman–Crippen LogP) is 4.05. The Balaban J connectivity index is 0.00000200. The standard InChI is InChI=1S/C15H23BrN2O.2ClH/c1-3-14(18-9-7-17-8-10-18)13-11-12(16)5-6-15(13)19-4-2;;/h5-6,11,14,17H,3-4,7-10H2,1-2H3;2*1H/t14-;;/m0../s1. The minimum atomic E-state index is 0. The molecule has 0 saturated carbocycles. The summed E-state index contributed by atoms with van der Waals surface area (Å²) in [5.74, 6) is 1.02. The van der Waals surface area contributed by atoms with Gasteiger partial charge in [-0.3, -0.25) is 4.90 Å². The maximum Gasteiger partial charge on any atom is 0.124 e. The molecule has 21 heavy (non-hydrogen) atoms. The van der Waals surface area contributed by atoms with Gasteiger partial charge in [0.2, 0.25) is 0 Å². The summed E-state index contributed by atoms with van der Waals surface area (Å²) in [4.78, 5) is 2.56. The monoisotopic (exact) mass is 398 g/mol. The molecule has 1 aromatic rings. The van der Waals surface area contributed by atoms with Gasteiger partial charge >= 0.3 is 0 Å². The van der Waals surface area contributed by atoms with Crippen LogP contribution in [0.4, 0.5) is 0 Å². The number of nitrogens with zero attached hydrogens (tertiary/aromatic N) is 1. The summed E-state index contributed by atoms with van der Waals surface area (Å²) in [5, 5.41) is 3.41. The molecule has 1 atom stereocenters. The quantitative estimate of drug-likeness (QED) is 0.808. The molecule has 0 bridgehead atoms. The number of ether oxygens (including phenoxy) is 1. The van der Waals surface area contributed by atoms with Crippen LogP contribution in [0, 0.1) is 0 Å². The third kappa shape index (κ3) is 5.61. The van der Waals surface area contributed by atoms with Gasteiger partial charge in [0.25, 0.3) is 0 Å². The van der Waals surface area contributed by atoms with Crippen LogP contribution in [-0.4, -0.2) is 37.7 Å². The van der Waals surface area contributed by atoms with Crippen molar-refractivity contribution in [3.8, 4) is 5.75 Å². The summed E-state index contributed by atoms with van der Waals surface area (Å²) in [6, 6.07) is 6.79. The Bertz CT molecular complexity index is 415. The number of rotatable bonds is 5. The minimum Gasteiger partial charge on any atom is -0.494 e. The first-order chi connectivity index (χ1) is 9.26. The summed E-state index contributed by atoms with van der Waals surface area (Å²) in [5.41, 5.74) is 1.31. The molecule has 1 aliphatic heterocycles. The van der Waals surface area contributed by atoms with E-state index in [0.717, 1.165) is 42.8 Å². The zero-order chi connectivity index (χ0) is 13.7. The van der Waals surface area contributed by atoms with Crippen LogP contribution in [0.3, 0.4) is 0 Å². The zero-order valence-electron chi connectivity index (χ0n) is 12.6. The van der Waals surface area contributed by atoms with Gasteiger partial charge in [-0.05, 0) is 31.5 Å². The highest BCUT2D eigenvalue weighted by Gasteiger charge is 2.23. The van der Waals surface area contributed by atoms with E-state index in [1.54, 1.807) is 0 Å². The Kier molecular flexibility index (Phi) is 10.7. The van der Waals surface area contributed by atoms with Crippen LogP contribution in [0.5, 0.6) is 5.75 Å². The van der Waals surface area contributed by atoms with Crippen molar-refractivity contribution in [2.24, 2.45) is 0 Å². The number of hydrogen-bond acceptors (Lipinski definition) is 3. The topological polar surface area (TPSA) is 24.5 Å². The second kappa shape index (κ2) is 10.7. The molecule has 0 radical (unpaired) electrons. The van der Waals surface area contributed by atoms with E-state index < -0.39 is 0 Å². The number of hydrogen-bond donors (Lipinski definition) is 1. The second-order valence-electron chi connectivity index (χ2n) is 4.83. The summed E-state index contributed by atoms with van der Waals surface area (Å²) in [6.07, 6.45) is 1.11. The molecule has 3 nitrogen and oxygen atoms in total. The number of benzene rings is 1. The SMILES string of the molecule is CCOc1ccc(Br)cc1[C@H](CC)N1CCNCC1.Cl.Cl. The Morgan fingerprint density at radius 3 is 2.48 bits per heavy atom. The third-order valence-electron chi connectivity index (χ3n) is 3.61. The normalized spacial score (nSPS) is 16.5. The smallest absolute Gasteiger partial charge is 0.124 e. The highest BCUT2D eigenvalue weighted by Crippen LogP contribution is 2.34. The molecule has 6 heteroatoms. The molecule has 0 spiro atoms. The summed E-state index contributed by atoms with van der Waals surface area (Å²) < 4.78 is 6.93. The molecule has 122 valence electrons. The lowest BCUT2D eigenvalue weighted by atomic mass is 10.0. The van der Waals surface area contributed by atoms with Gasteiger partial charge in [0, 0.05) is 42.3 Å². The molecule has 1 N–H and O–H groups in total. The lowest BCUT2D eigenvalue weighted by Gasteiger charge is -2.35. The average molecular weight is 400 g/mol. The van der Waals surface area contributed by atoms with Crippen molar-refractivity contribution in [3.63, 3.8) is 0 Å². The van der Waals surface area contributed by atoms with Crippen molar-refractivity contribution >= 4 is 40.7 Å². The molecular formula is C15H25BrCl2N2O. The molecule has 0 amide bonds. The van der Waals surface area contributed by atoms with Crippen LogP contribution in [-0.2, 0) is 0 Å². The first kappa shape index (κ1) is 21.0. The second-order valence-corrected chi connectivity index (χ2v) is 5.74. The van der Waals surface area contributed by atoms with E-state index in [4.69, 9.17) is 4.74 Å². The van der Waals surface area contributed by atoms with Crippen LogP contribution in [0.25, 0.3) is 0 Å². The lowest BCUT2D eigenvalue weighted by Crippen LogP contribution is -2.45. The van der Waals surface area contributed by atoms with E-state index in [-0.39, 0.29) is 24.8 Å². The number of halogens is 3. The van der Waals surface area contributed by atoms with Crippen LogP contribution in [0.2, 0.25) is 0 Å². The fourth-order valence-corrected chi connectivity index (χ4v) is 3.11. The fraction of sp³-hybridized carbons (Fsp3) is 0.600. The molecule has 1 heterocycles. The Labute approximate surface area is 148 Å². The van der Waals surface area contributed by atoms with Crippen molar-refractivity contribution in [1.82, 2.24) is 10.2 Å². The maximum absolute atomic E-state index is 5.80. The minimum absolute atomic E-state index is 0. The largest absolute Gasteiger partial charge is 0.494 e. The van der Waals surface area contributed by atoms with Crippen molar-refractivity contribution in [2.75, 3.05) is 32.8 Å². The summed E-state index contributed by atoms with van der Waals surface area (Å²) in [7, 11) is 0. The van der Waals surface area contributed by atoms with Crippen LogP contribution in [0.15, 0.2) is 22.7 Å². The number of piperazine rings is 1. The summed E-state index contributed by atoms with van der Waals surface area (Å²) >= 11 is 3.58. The van der Waals surface area contributed by atoms with E-state index in [9.17, 15) is 0 Å². The maximum atomic E-state index is 5.80. The van der Waals surface area contributed by atoms with Gasteiger partial charge in [0.15, 0.2) is 0 Å². The molecule has 0 unspecified atom stereocenters. The Morgan fingerprint density at radius 1 is 1.24 bits per heavy atom. The van der Waals surface area contributed by atoms with Gasteiger partial charge in [0.1, 0.15) is 5.75 Å². The highest BCUT2D eigenvalue weighted by molar-refractivity contribution is 9.10. The third-order valence-corrected chi connectivity index (χ3v) is 4.10. The molecule has 1 aliphatic rings. The first-order valence-electron chi connectivity index (χ1n) is 7.13. The predicted molar refractivity (Wildman–Crippen MR) is 97.3 cm³/mol. The van der Waals surface area contributed by atoms with Crippen molar-refractivity contribution < 1.29 is 4.74 Å². The van der Waals surface area contributed by atoms with E-state index in [1.807, 2.05) is 6.92 Å². The van der Waals surface area contributed by atoms with Crippen LogP contribution < -0.4 is 10.1 Å². The van der Waals surface area contributed by atoms with Crippen LogP contribution >= 0.6 is 40.7 Å². The van der Waals surface area contributed by atoms with Crippen molar-refractivity contribution in [1.29, 1.82) is 0 Å². The molecule has 1 fully saturated rings. The van der Waals surface area contributed by atoms with E-state index >= 15 is 0 Å². The fourth-order valence-electron chi connectivity index (χ4n) is 2.74. The molecule has 2 rings (SSSR count). The van der Waals surface area contributed by atoms with Crippen molar-refractivity contribution in [3.05, 3.63) is 28.2 Å². The van der Waals surface area contributed by atoms with Gasteiger partial charge in [-0.1, -0.05) is 22.9 Å². The van der Waals surface area contributed by atoms with Gasteiger partial charge in [-0.15, -0.1) is 24.8 Å². The molecule has 0 aromatic heterocycles. The van der Waals surface area contributed by atoms with E-state index in [1.165, 1.54) is 5.56 Å². The number of nitrogens with one attached hydrogen (secondary N) is 1. The van der Waals surface area contributed by atoms with Gasteiger partial charge < -0.3 is 10.1 Å². The zero-order valence-corrected chi connectivity index (χ0v) is 15.8. The summed E-state index contributed by atoms with van der Waals surface area (Å²) in [6.45, 7) is 9.38. The Hall–Kier alpha value is -0.000000000000000222. The average Bonchev–Trinajstić information content (AvgIpc) is 2.44. The first-order valence-corrected chi connectivity index (χ1v) is 7.92. The van der Waals surface area contributed by atoms with E-state index in [2.05, 4.69) is 51.3 Å². The Morgan fingerprint density at radius 2 is 1.90 bits per heavy atom. The van der Waals surface area contributed by atoms with Gasteiger partial charge in [-0.25, -0.2) is 0 Å².